The summed E-state index contributed by atoms with van der Waals surface area (Å²) in [5, 5.41) is 6.10. The highest BCUT2D eigenvalue weighted by Crippen LogP contribution is 2.15. The molecule has 2 N–H and O–H groups in total. The number of benzene rings is 2. The molecule has 0 atom stereocenters. The number of nitrogens with one attached hydrogen (secondary N) is 2. The van der Waals surface area contributed by atoms with Crippen LogP contribution in [0, 0.1) is 12.7 Å². The van der Waals surface area contributed by atoms with Gasteiger partial charge in [0.15, 0.2) is 5.11 Å². The van der Waals surface area contributed by atoms with Crippen molar-refractivity contribution < 1.29 is 9.18 Å². The second-order valence-electron chi connectivity index (χ2n) is 5.53. The number of rotatable bonds is 4. The van der Waals surface area contributed by atoms with Crippen LogP contribution in [0.3, 0.4) is 0 Å². The molecular weight excluding hydrogens is 325 g/mol. The molecule has 0 bridgehead atoms. The van der Waals surface area contributed by atoms with Crippen LogP contribution in [0.25, 0.3) is 0 Å². The van der Waals surface area contributed by atoms with Crippen molar-refractivity contribution in [3.05, 3.63) is 65.0 Å². The van der Waals surface area contributed by atoms with Crippen LogP contribution in [0.5, 0.6) is 0 Å². The summed E-state index contributed by atoms with van der Waals surface area (Å²) in [6.45, 7) is 2.29. The Morgan fingerprint density at radius 2 is 1.88 bits per heavy atom. The quantitative estimate of drug-likeness (QED) is 0.835. The number of nitrogens with zero attached hydrogens (tertiary/aromatic N) is 1. The van der Waals surface area contributed by atoms with Gasteiger partial charge in [0.2, 0.25) is 0 Å². The van der Waals surface area contributed by atoms with Crippen molar-refractivity contribution in [2.75, 3.05) is 19.4 Å². The Labute approximate surface area is 146 Å². The summed E-state index contributed by atoms with van der Waals surface area (Å²) in [5.41, 5.74) is 2.84. The Morgan fingerprint density at radius 3 is 2.46 bits per heavy atom. The molecule has 2 aromatic carbocycles. The van der Waals surface area contributed by atoms with E-state index in [9.17, 15) is 9.18 Å². The maximum absolute atomic E-state index is 13.6. The SMILES string of the molecule is CNC(=O)c1ccc(CN(C)C(=S)Nc2ccc(C)c(F)c2)cc1. The van der Waals surface area contributed by atoms with E-state index in [2.05, 4.69) is 10.6 Å². The molecule has 6 heteroatoms. The zero-order chi connectivity index (χ0) is 17.7. The molecule has 0 spiro atoms. The van der Waals surface area contributed by atoms with Crippen molar-refractivity contribution in [2.45, 2.75) is 13.5 Å². The summed E-state index contributed by atoms with van der Waals surface area (Å²) in [7, 11) is 3.45. The molecule has 0 aliphatic carbocycles. The average molecular weight is 345 g/mol. The summed E-state index contributed by atoms with van der Waals surface area (Å²) in [6.07, 6.45) is 0. The number of hydrogen-bond donors (Lipinski definition) is 2. The minimum atomic E-state index is -0.268. The van der Waals surface area contributed by atoms with E-state index in [0.717, 1.165) is 5.56 Å². The van der Waals surface area contributed by atoms with Crippen molar-refractivity contribution in [1.82, 2.24) is 10.2 Å². The highest BCUT2D eigenvalue weighted by Gasteiger charge is 2.08. The first-order valence-corrected chi connectivity index (χ1v) is 7.91. The molecule has 0 radical (unpaired) electrons. The number of halogens is 1. The third kappa shape index (κ3) is 4.52. The lowest BCUT2D eigenvalue weighted by molar-refractivity contribution is 0.0963. The van der Waals surface area contributed by atoms with Crippen LogP contribution in [0.15, 0.2) is 42.5 Å². The minimum absolute atomic E-state index is 0.117. The predicted octanol–water partition coefficient (Wildman–Crippen LogP) is 3.32. The topological polar surface area (TPSA) is 44.4 Å². The molecule has 0 aliphatic heterocycles. The fraction of sp³-hybridized carbons (Fsp3) is 0.222. The average Bonchev–Trinajstić information content (AvgIpc) is 2.58. The van der Waals surface area contributed by atoms with Crippen molar-refractivity contribution in [3.63, 3.8) is 0 Å². The van der Waals surface area contributed by atoms with E-state index in [-0.39, 0.29) is 11.7 Å². The molecule has 0 unspecified atom stereocenters. The number of carbonyl (C=O) groups excluding carboxylic acids is 1. The fourth-order valence-electron chi connectivity index (χ4n) is 2.14. The molecule has 1 amide bonds. The number of hydrogen-bond acceptors (Lipinski definition) is 2. The van der Waals surface area contributed by atoms with Crippen LogP contribution in [0.1, 0.15) is 21.5 Å². The van der Waals surface area contributed by atoms with Crippen LogP contribution >= 0.6 is 12.2 Å². The molecule has 0 saturated heterocycles. The summed E-state index contributed by atoms with van der Waals surface area (Å²) in [4.78, 5) is 13.4. The zero-order valence-corrected chi connectivity index (χ0v) is 14.7. The maximum atomic E-state index is 13.6. The van der Waals surface area contributed by atoms with E-state index in [0.29, 0.717) is 28.5 Å². The molecule has 0 saturated carbocycles. The van der Waals surface area contributed by atoms with E-state index in [1.165, 1.54) is 6.07 Å². The molecule has 2 aromatic rings. The first kappa shape index (κ1) is 17.9. The van der Waals surface area contributed by atoms with Gasteiger partial charge in [-0.05, 0) is 54.5 Å². The largest absolute Gasteiger partial charge is 0.355 e. The van der Waals surface area contributed by atoms with Gasteiger partial charge >= 0.3 is 0 Å². The van der Waals surface area contributed by atoms with E-state index in [4.69, 9.17) is 12.2 Å². The van der Waals surface area contributed by atoms with Gasteiger partial charge in [-0.2, -0.15) is 0 Å². The van der Waals surface area contributed by atoms with Gasteiger partial charge in [0, 0.05) is 31.9 Å². The van der Waals surface area contributed by atoms with E-state index >= 15 is 0 Å². The standard InChI is InChI=1S/C18H20FN3OS/c1-12-4-9-15(10-16(12)19)21-18(24)22(3)11-13-5-7-14(8-6-13)17(23)20-2/h4-10H,11H2,1-3H3,(H,20,23)(H,21,24). The third-order valence-electron chi connectivity index (χ3n) is 3.63. The van der Waals surface area contributed by atoms with E-state index in [1.807, 2.05) is 24.1 Å². The van der Waals surface area contributed by atoms with Gasteiger partial charge in [-0.1, -0.05) is 18.2 Å². The minimum Gasteiger partial charge on any atom is -0.355 e. The van der Waals surface area contributed by atoms with Gasteiger partial charge in [-0.15, -0.1) is 0 Å². The highest BCUT2D eigenvalue weighted by molar-refractivity contribution is 7.80. The Kier molecular flexibility index (Phi) is 5.87. The highest BCUT2D eigenvalue weighted by atomic mass is 32.1. The van der Waals surface area contributed by atoms with Crippen molar-refractivity contribution >= 4 is 28.9 Å². The lowest BCUT2D eigenvalue weighted by Gasteiger charge is -2.21. The molecule has 126 valence electrons. The van der Waals surface area contributed by atoms with Gasteiger partial charge in [0.1, 0.15) is 5.82 Å². The summed E-state index contributed by atoms with van der Waals surface area (Å²) >= 11 is 5.35. The molecule has 0 fully saturated rings. The molecule has 0 aliphatic rings. The first-order chi connectivity index (χ1) is 11.4. The van der Waals surface area contributed by atoms with Crippen molar-refractivity contribution in [3.8, 4) is 0 Å². The lowest BCUT2D eigenvalue weighted by atomic mass is 10.1. The monoisotopic (exact) mass is 345 g/mol. The van der Waals surface area contributed by atoms with Gasteiger partial charge in [-0.3, -0.25) is 4.79 Å². The van der Waals surface area contributed by atoms with Crippen LogP contribution in [0.2, 0.25) is 0 Å². The van der Waals surface area contributed by atoms with Gasteiger partial charge in [-0.25, -0.2) is 4.39 Å². The maximum Gasteiger partial charge on any atom is 0.251 e. The third-order valence-corrected chi connectivity index (χ3v) is 4.05. The molecule has 0 heterocycles. The fourth-order valence-corrected chi connectivity index (χ4v) is 2.32. The molecule has 4 nitrogen and oxygen atoms in total. The Hall–Kier alpha value is -2.47. The Bertz CT molecular complexity index is 746. The van der Waals surface area contributed by atoms with Crippen LogP contribution in [-0.2, 0) is 6.54 Å². The lowest BCUT2D eigenvalue weighted by Crippen LogP contribution is -2.30. The van der Waals surface area contributed by atoms with Gasteiger partial charge in [0.25, 0.3) is 5.91 Å². The van der Waals surface area contributed by atoms with Crippen molar-refractivity contribution in [2.24, 2.45) is 0 Å². The molecular formula is C18H20FN3OS. The molecule has 0 aromatic heterocycles. The van der Waals surface area contributed by atoms with Crippen LogP contribution < -0.4 is 10.6 Å². The Balaban J connectivity index is 1.98. The summed E-state index contributed by atoms with van der Waals surface area (Å²) in [5.74, 6) is -0.385. The molecule has 24 heavy (non-hydrogen) atoms. The van der Waals surface area contributed by atoms with Gasteiger partial charge in [0.05, 0.1) is 0 Å². The van der Waals surface area contributed by atoms with Crippen molar-refractivity contribution in [1.29, 1.82) is 0 Å². The number of amides is 1. The second-order valence-corrected chi connectivity index (χ2v) is 5.91. The van der Waals surface area contributed by atoms with Crippen LogP contribution in [-0.4, -0.2) is 30.0 Å². The first-order valence-electron chi connectivity index (χ1n) is 7.50. The predicted molar refractivity (Wildman–Crippen MR) is 98.7 cm³/mol. The van der Waals surface area contributed by atoms with Gasteiger partial charge < -0.3 is 15.5 Å². The van der Waals surface area contributed by atoms with E-state index < -0.39 is 0 Å². The number of anilines is 1. The zero-order valence-electron chi connectivity index (χ0n) is 13.9. The Morgan fingerprint density at radius 1 is 1.21 bits per heavy atom. The van der Waals surface area contributed by atoms with E-state index in [1.54, 1.807) is 38.2 Å². The summed E-state index contributed by atoms with van der Waals surface area (Å²) < 4.78 is 13.6. The smallest absolute Gasteiger partial charge is 0.251 e. The normalized spacial score (nSPS) is 10.2. The van der Waals surface area contributed by atoms with Crippen LogP contribution in [0.4, 0.5) is 10.1 Å². The summed E-state index contributed by atoms with van der Waals surface area (Å²) in [6, 6.07) is 12.2. The number of thiocarbonyl (C=S) groups is 1. The second kappa shape index (κ2) is 7.88. The molecule has 2 rings (SSSR count). The number of aryl methyl sites for hydroxylation is 1. The number of carbonyl (C=O) groups is 1.